The lowest BCUT2D eigenvalue weighted by Crippen LogP contribution is -2.25. The summed E-state index contributed by atoms with van der Waals surface area (Å²) in [5, 5.41) is 3.69. The third-order valence-electron chi connectivity index (χ3n) is 4.25. The Morgan fingerprint density at radius 2 is 1.68 bits per heavy atom. The van der Waals surface area contributed by atoms with Gasteiger partial charge in [0, 0.05) is 18.3 Å². The highest BCUT2D eigenvalue weighted by Crippen LogP contribution is 2.28. The van der Waals surface area contributed by atoms with Crippen LogP contribution in [0.25, 0.3) is 0 Å². The number of anilines is 1. The molecular weight excluding hydrogens is 232 g/mol. The molecule has 2 nitrogen and oxygen atoms in total. The van der Waals surface area contributed by atoms with Crippen LogP contribution in [0.1, 0.15) is 44.6 Å². The fourth-order valence-corrected chi connectivity index (χ4v) is 3.02. The molecule has 19 heavy (non-hydrogen) atoms. The van der Waals surface area contributed by atoms with E-state index in [-0.39, 0.29) is 0 Å². The van der Waals surface area contributed by atoms with Gasteiger partial charge in [-0.3, -0.25) is 0 Å². The SMILES string of the molecule is CCC1CCC(Nc2ccc(CN(C)C)cc2)CC1. The second-order valence-corrected chi connectivity index (χ2v) is 6.20. The first-order chi connectivity index (χ1) is 9.17. The Kier molecular flexibility index (Phi) is 5.26. The van der Waals surface area contributed by atoms with Gasteiger partial charge in [-0.15, -0.1) is 0 Å². The lowest BCUT2D eigenvalue weighted by atomic mass is 9.84. The summed E-state index contributed by atoms with van der Waals surface area (Å²) in [5.74, 6) is 0.973. The molecule has 0 heterocycles. The van der Waals surface area contributed by atoms with E-state index in [2.05, 4.69) is 55.5 Å². The predicted octanol–water partition coefficient (Wildman–Crippen LogP) is 4.13. The first kappa shape index (κ1) is 14.4. The Labute approximate surface area is 118 Å². The monoisotopic (exact) mass is 260 g/mol. The van der Waals surface area contributed by atoms with E-state index in [1.807, 2.05) is 0 Å². The van der Waals surface area contributed by atoms with Gasteiger partial charge in [0.15, 0.2) is 0 Å². The zero-order valence-corrected chi connectivity index (χ0v) is 12.7. The second-order valence-electron chi connectivity index (χ2n) is 6.20. The average Bonchev–Trinajstić information content (AvgIpc) is 2.41. The molecule has 1 fully saturated rings. The molecule has 0 amide bonds. The Morgan fingerprint density at radius 3 is 2.21 bits per heavy atom. The maximum Gasteiger partial charge on any atom is 0.0342 e. The van der Waals surface area contributed by atoms with Crippen LogP contribution in [-0.4, -0.2) is 25.0 Å². The van der Waals surface area contributed by atoms with E-state index in [1.54, 1.807) is 0 Å². The van der Waals surface area contributed by atoms with Crippen LogP contribution in [0.3, 0.4) is 0 Å². The van der Waals surface area contributed by atoms with Crippen LogP contribution in [0.2, 0.25) is 0 Å². The number of nitrogens with zero attached hydrogens (tertiary/aromatic N) is 1. The fraction of sp³-hybridized carbons (Fsp3) is 0.647. The predicted molar refractivity (Wildman–Crippen MR) is 83.5 cm³/mol. The van der Waals surface area contributed by atoms with Crippen LogP contribution in [0.5, 0.6) is 0 Å². The smallest absolute Gasteiger partial charge is 0.0342 e. The Morgan fingerprint density at radius 1 is 1.05 bits per heavy atom. The van der Waals surface area contributed by atoms with Gasteiger partial charge < -0.3 is 10.2 Å². The van der Waals surface area contributed by atoms with E-state index in [0.29, 0.717) is 6.04 Å². The van der Waals surface area contributed by atoms with Crippen molar-refractivity contribution >= 4 is 5.69 Å². The molecule has 1 aliphatic carbocycles. The highest BCUT2D eigenvalue weighted by Gasteiger charge is 2.19. The maximum absolute atomic E-state index is 3.69. The Bertz CT molecular complexity index is 361. The van der Waals surface area contributed by atoms with Crippen molar-refractivity contribution in [2.24, 2.45) is 5.92 Å². The van der Waals surface area contributed by atoms with Gasteiger partial charge >= 0.3 is 0 Å². The second kappa shape index (κ2) is 6.95. The van der Waals surface area contributed by atoms with Crippen molar-refractivity contribution in [1.29, 1.82) is 0 Å². The van der Waals surface area contributed by atoms with Gasteiger partial charge in [0.1, 0.15) is 0 Å². The average molecular weight is 260 g/mol. The van der Waals surface area contributed by atoms with Crippen molar-refractivity contribution in [3.05, 3.63) is 29.8 Å². The number of rotatable bonds is 5. The molecular formula is C17H28N2. The molecule has 1 aromatic rings. The van der Waals surface area contributed by atoms with Gasteiger partial charge in [0.25, 0.3) is 0 Å². The summed E-state index contributed by atoms with van der Waals surface area (Å²) >= 11 is 0. The van der Waals surface area contributed by atoms with Gasteiger partial charge in [0.2, 0.25) is 0 Å². The van der Waals surface area contributed by atoms with E-state index < -0.39 is 0 Å². The summed E-state index contributed by atoms with van der Waals surface area (Å²) in [6.07, 6.45) is 6.81. The highest BCUT2D eigenvalue weighted by atomic mass is 15.0. The lowest BCUT2D eigenvalue weighted by Gasteiger charge is -2.29. The summed E-state index contributed by atoms with van der Waals surface area (Å²) in [4.78, 5) is 2.20. The van der Waals surface area contributed by atoms with Crippen molar-refractivity contribution in [3.63, 3.8) is 0 Å². The first-order valence-electron chi connectivity index (χ1n) is 7.67. The third kappa shape index (κ3) is 4.54. The summed E-state index contributed by atoms with van der Waals surface area (Å²) < 4.78 is 0. The van der Waals surface area contributed by atoms with E-state index in [9.17, 15) is 0 Å². The minimum Gasteiger partial charge on any atom is -0.382 e. The molecule has 2 heteroatoms. The molecule has 0 spiro atoms. The molecule has 1 aromatic carbocycles. The molecule has 0 aliphatic heterocycles. The van der Waals surface area contributed by atoms with Gasteiger partial charge in [-0.1, -0.05) is 25.5 Å². The van der Waals surface area contributed by atoms with Crippen LogP contribution >= 0.6 is 0 Å². The molecule has 1 saturated carbocycles. The molecule has 1 aliphatic rings. The Balaban J connectivity index is 1.83. The highest BCUT2D eigenvalue weighted by molar-refractivity contribution is 5.45. The molecule has 1 N–H and O–H groups in total. The molecule has 0 unspecified atom stereocenters. The summed E-state index contributed by atoms with van der Waals surface area (Å²) in [5.41, 5.74) is 2.66. The topological polar surface area (TPSA) is 15.3 Å². The van der Waals surface area contributed by atoms with Gasteiger partial charge in [-0.25, -0.2) is 0 Å². The van der Waals surface area contributed by atoms with Crippen LogP contribution in [0.15, 0.2) is 24.3 Å². The van der Waals surface area contributed by atoms with Gasteiger partial charge in [-0.2, -0.15) is 0 Å². The zero-order valence-electron chi connectivity index (χ0n) is 12.7. The molecule has 0 bridgehead atoms. The van der Waals surface area contributed by atoms with Crippen molar-refractivity contribution in [2.45, 2.75) is 51.6 Å². The molecule has 0 aromatic heterocycles. The van der Waals surface area contributed by atoms with Crippen molar-refractivity contribution in [3.8, 4) is 0 Å². The molecule has 0 radical (unpaired) electrons. The fourth-order valence-electron chi connectivity index (χ4n) is 3.02. The molecule has 0 atom stereocenters. The van der Waals surface area contributed by atoms with Crippen LogP contribution in [0, 0.1) is 5.92 Å². The van der Waals surface area contributed by atoms with Crippen molar-refractivity contribution < 1.29 is 0 Å². The van der Waals surface area contributed by atoms with E-state index in [4.69, 9.17) is 0 Å². The standard InChI is InChI=1S/C17H28N2/c1-4-14-5-9-16(10-6-14)18-17-11-7-15(8-12-17)13-19(2)3/h7-8,11-12,14,16,18H,4-6,9-10,13H2,1-3H3. The minimum atomic E-state index is 0.683. The van der Waals surface area contributed by atoms with Crippen LogP contribution in [0.4, 0.5) is 5.69 Å². The van der Waals surface area contributed by atoms with Crippen molar-refractivity contribution in [2.75, 3.05) is 19.4 Å². The van der Waals surface area contributed by atoms with Gasteiger partial charge in [-0.05, 0) is 63.4 Å². The Hall–Kier alpha value is -1.02. The van der Waals surface area contributed by atoms with Crippen LogP contribution < -0.4 is 5.32 Å². The van der Waals surface area contributed by atoms with E-state index in [0.717, 1.165) is 12.5 Å². The molecule has 106 valence electrons. The first-order valence-corrected chi connectivity index (χ1v) is 7.67. The number of nitrogens with one attached hydrogen (secondary N) is 1. The summed E-state index contributed by atoms with van der Waals surface area (Å²) in [6.45, 7) is 3.34. The third-order valence-corrected chi connectivity index (χ3v) is 4.25. The van der Waals surface area contributed by atoms with E-state index >= 15 is 0 Å². The zero-order chi connectivity index (χ0) is 13.7. The minimum absolute atomic E-state index is 0.683. The quantitative estimate of drug-likeness (QED) is 0.856. The van der Waals surface area contributed by atoms with Gasteiger partial charge in [0.05, 0.1) is 0 Å². The summed E-state index contributed by atoms with van der Waals surface area (Å²) in [7, 11) is 4.22. The van der Waals surface area contributed by atoms with Crippen molar-refractivity contribution in [1.82, 2.24) is 4.90 Å². The number of hydrogen-bond donors (Lipinski definition) is 1. The number of hydrogen-bond acceptors (Lipinski definition) is 2. The van der Waals surface area contributed by atoms with E-state index in [1.165, 1.54) is 43.4 Å². The lowest BCUT2D eigenvalue weighted by molar-refractivity contribution is 0.330. The molecule has 2 rings (SSSR count). The summed E-state index contributed by atoms with van der Waals surface area (Å²) in [6, 6.07) is 9.61. The number of benzene rings is 1. The molecule has 0 saturated heterocycles. The van der Waals surface area contributed by atoms with Crippen LogP contribution in [-0.2, 0) is 6.54 Å². The maximum atomic E-state index is 3.69. The largest absolute Gasteiger partial charge is 0.382 e. The normalized spacial score (nSPS) is 23.6.